The Hall–Kier alpha value is -1.92. The third-order valence-electron chi connectivity index (χ3n) is 4.42. The minimum atomic E-state index is -0.549. The van der Waals surface area contributed by atoms with Crippen LogP contribution in [0, 0.1) is 12.8 Å². The van der Waals surface area contributed by atoms with Gasteiger partial charge in [0.2, 0.25) is 11.8 Å². The summed E-state index contributed by atoms with van der Waals surface area (Å²) >= 11 is 0. The summed E-state index contributed by atoms with van der Waals surface area (Å²) in [6.07, 6.45) is 2.88. The number of hydrogen-bond acceptors (Lipinski definition) is 4. The van der Waals surface area contributed by atoms with E-state index in [1.165, 1.54) is 0 Å². The summed E-state index contributed by atoms with van der Waals surface area (Å²) in [6, 6.07) is 4.91. The lowest BCUT2D eigenvalue weighted by molar-refractivity contribution is -0.119. The first kappa shape index (κ1) is 18.4. The Bertz CT molecular complexity index is 583. The zero-order valence-electron chi connectivity index (χ0n) is 14.4. The molecule has 1 aliphatic heterocycles. The Kier molecular flexibility index (Phi) is 6.75. The van der Waals surface area contributed by atoms with Crippen molar-refractivity contribution < 1.29 is 14.3 Å². The standard InChI is InChI=1S/C18H27N3O3/c1-3-5-16(22)20-14-6-4-7-15(12(14)2)21-18(23)17(19)13-8-10-24-11-9-13/h4,6-7,13,17H,3,5,8-11,19H2,1-2H3,(H,20,22)(H,21,23). The molecule has 1 heterocycles. The topological polar surface area (TPSA) is 93.5 Å². The smallest absolute Gasteiger partial charge is 0.241 e. The van der Waals surface area contributed by atoms with Gasteiger partial charge in [-0.05, 0) is 49.8 Å². The van der Waals surface area contributed by atoms with Gasteiger partial charge in [0.25, 0.3) is 0 Å². The van der Waals surface area contributed by atoms with Crippen molar-refractivity contribution in [2.75, 3.05) is 23.8 Å². The molecular weight excluding hydrogens is 306 g/mol. The van der Waals surface area contributed by atoms with Crippen molar-refractivity contribution in [2.45, 2.75) is 45.6 Å². The van der Waals surface area contributed by atoms with Gasteiger partial charge in [-0.2, -0.15) is 0 Å². The van der Waals surface area contributed by atoms with Crippen molar-refractivity contribution in [1.29, 1.82) is 0 Å². The van der Waals surface area contributed by atoms with Crippen LogP contribution < -0.4 is 16.4 Å². The summed E-state index contributed by atoms with van der Waals surface area (Å²) in [5.74, 6) is -0.0727. The molecule has 0 spiro atoms. The molecule has 4 N–H and O–H groups in total. The molecule has 0 bridgehead atoms. The van der Waals surface area contributed by atoms with E-state index in [-0.39, 0.29) is 17.7 Å². The molecule has 6 nitrogen and oxygen atoms in total. The molecular formula is C18H27N3O3. The number of ether oxygens (including phenoxy) is 1. The highest BCUT2D eigenvalue weighted by atomic mass is 16.5. The molecule has 1 unspecified atom stereocenters. The third kappa shape index (κ3) is 4.79. The quantitative estimate of drug-likeness (QED) is 0.745. The van der Waals surface area contributed by atoms with Crippen LogP contribution in [0.25, 0.3) is 0 Å². The normalized spacial score (nSPS) is 16.5. The van der Waals surface area contributed by atoms with E-state index in [0.29, 0.717) is 31.0 Å². The van der Waals surface area contributed by atoms with Gasteiger partial charge in [0.1, 0.15) is 0 Å². The first-order valence-electron chi connectivity index (χ1n) is 8.56. The van der Waals surface area contributed by atoms with Gasteiger partial charge in [-0.3, -0.25) is 9.59 Å². The number of rotatable bonds is 6. The fourth-order valence-corrected chi connectivity index (χ4v) is 2.85. The number of anilines is 2. The molecule has 2 amide bonds. The van der Waals surface area contributed by atoms with E-state index in [0.717, 1.165) is 24.8 Å². The molecule has 6 heteroatoms. The summed E-state index contributed by atoms with van der Waals surface area (Å²) in [6.45, 7) is 5.14. The van der Waals surface area contributed by atoms with Crippen molar-refractivity contribution in [3.63, 3.8) is 0 Å². The van der Waals surface area contributed by atoms with Crippen LogP contribution >= 0.6 is 0 Å². The van der Waals surface area contributed by atoms with E-state index >= 15 is 0 Å². The molecule has 1 fully saturated rings. The molecule has 0 aromatic heterocycles. The molecule has 0 saturated carbocycles. The van der Waals surface area contributed by atoms with Crippen molar-refractivity contribution in [2.24, 2.45) is 11.7 Å². The van der Waals surface area contributed by atoms with Gasteiger partial charge in [0, 0.05) is 31.0 Å². The highest BCUT2D eigenvalue weighted by Gasteiger charge is 2.27. The second kappa shape index (κ2) is 8.80. The number of nitrogens with one attached hydrogen (secondary N) is 2. The van der Waals surface area contributed by atoms with Crippen LogP contribution in [-0.4, -0.2) is 31.1 Å². The first-order valence-corrected chi connectivity index (χ1v) is 8.56. The Balaban J connectivity index is 2.03. The monoisotopic (exact) mass is 333 g/mol. The van der Waals surface area contributed by atoms with Gasteiger partial charge in [-0.15, -0.1) is 0 Å². The molecule has 2 rings (SSSR count). The lowest BCUT2D eigenvalue weighted by atomic mass is 9.92. The largest absolute Gasteiger partial charge is 0.381 e. The van der Waals surface area contributed by atoms with E-state index in [4.69, 9.17) is 10.5 Å². The van der Waals surface area contributed by atoms with Crippen molar-refractivity contribution >= 4 is 23.2 Å². The average molecular weight is 333 g/mol. The molecule has 1 aromatic carbocycles. The van der Waals surface area contributed by atoms with Gasteiger partial charge in [0.15, 0.2) is 0 Å². The summed E-state index contributed by atoms with van der Waals surface area (Å²) < 4.78 is 5.31. The molecule has 1 aliphatic rings. The SMILES string of the molecule is CCCC(=O)Nc1cccc(NC(=O)C(N)C2CCOCC2)c1C. The molecule has 1 atom stereocenters. The fraction of sp³-hybridized carbons (Fsp3) is 0.556. The minimum Gasteiger partial charge on any atom is -0.381 e. The second-order valence-corrected chi connectivity index (χ2v) is 6.24. The van der Waals surface area contributed by atoms with Gasteiger partial charge in [-0.25, -0.2) is 0 Å². The molecule has 0 radical (unpaired) electrons. The number of carbonyl (C=O) groups excluding carboxylic acids is 2. The van der Waals surface area contributed by atoms with Crippen LogP contribution in [0.15, 0.2) is 18.2 Å². The molecule has 24 heavy (non-hydrogen) atoms. The van der Waals surface area contributed by atoms with E-state index in [9.17, 15) is 9.59 Å². The van der Waals surface area contributed by atoms with Gasteiger partial charge in [0.05, 0.1) is 6.04 Å². The van der Waals surface area contributed by atoms with Crippen molar-refractivity contribution in [3.05, 3.63) is 23.8 Å². The lowest BCUT2D eigenvalue weighted by Crippen LogP contribution is -2.44. The van der Waals surface area contributed by atoms with E-state index < -0.39 is 6.04 Å². The average Bonchev–Trinajstić information content (AvgIpc) is 2.58. The summed E-state index contributed by atoms with van der Waals surface area (Å²) in [7, 11) is 0. The van der Waals surface area contributed by atoms with Crippen LogP contribution in [-0.2, 0) is 14.3 Å². The number of carbonyl (C=O) groups is 2. The number of benzene rings is 1. The summed E-state index contributed by atoms with van der Waals surface area (Å²) in [4.78, 5) is 24.2. The molecule has 132 valence electrons. The first-order chi connectivity index (χ1) is 11.5. The maximum Gasteiger partial charge on any atom is 0.241 e. The second-order valence-electron chi connectivity index (χ2n) is 6.24. The van der Waals surface area contributed by atoms with Crippen LogP contribution in [0.1, 0.15) is 38.2 Å². The molecule has 1 saturated heterocycles. The summed E-state index contributed by atoms with van der Waals surface area (Å²) in [5, 5.41) is 5.78. The van der Waals surface area contributed by atoms with Gasteiger partial charge < -0.3 is 21.1 Å². The highest BCUT2D eigenvalue weighted by Crippen LogP contribution is 2.25. The number of amides is 2. The van der Waals surface area contributed by atoms with Gasteiger partial charge in [-0.1, -0.05) is 13.0 Å². The fourth-order valence-electron chi connectivity index (χ4n) is 2.85. The van der Waals surface area contributed by atoms with Crippen LogP contribution in [0.5, 0.6) is 0 Å². The molecule has 1 aromatic rings. The lowest BCUT2D eigenvalue weighted by Gasteiger charge is -2.27. The number of nitrogens with two attached hydrogens (primary N) is 1. The van der Waals surface area contributed by atoms with E-state index in [1.54, 1.807) is 0 Å². The zero-order chi connectivity index (χ0) is 17.5. The predicted octanol–water partition coefficient (Wildman–Crippen LogP) is 2.43. The highest BCUT2D eigenvalue weighted by molar-refractivity contribution is 5.98. The third-order valence-corrected chi connectivity index (χ3v) is 4.42. The van der Waals surface area contributed by atoms with E-state index in [1.807, 2.05) is 32.0 Å². The van der Waals surface area contributed by atoms with Gasteiger partial charge >= 0.3 is 0 Å². The van der Waals surface area contributed by atoms with Crippen LogP contribution in [0.4, 0.5) is 11.4 Å². The van der Waals surface area contributed by atoms with Crippen molar-refractivity contribution in [3.8, 4) is 0 Å². The summed E-state index contributed by atoms with van der Waals surface area (Å²) in [5.41, 5.74) is 8.33. The van der Waals surface area contributed by atoms with Crippen LogP contribution in [0.3, 0.4) is 0 Å². The Morgan fingerprint density at radius 3 is 2.50 bits per heavy atom. The maximum absolute atomic E-state index is 12.4. The molecule has 0 aliphatic carbocycles. The Labute approximate surface area is 143 Å². The van der Waals surface area contributed by atoms with Crippen molar-refractivity contribution in [1.82, 2.24) is 0 Å². The zero-order valence-corrected chi connectivity index (χ0v) is 14.4. The Morgan fingerprint density at radius 1 is 1.25 bits per heavy atom. The Morgan fingerprint density at radius 2 is 1.88 bits per heavy atom. The predicted molar refractivity (Wildman–Crippen MR) is 94.9 cm³/mol. The van der Waals surface area contributed by atoms with E-state index in [2.05, 4.69) is 10.6 Å². The maximum atomic E-state index is 12.4. The number of hydrogen-bond donors (Lipinski definition) is 3. The van der Waals surface area contributed by atoms with Crippen LogP contribution in [0.2, 0.25) is 0 Å². The minimum absolute atomic E-state index is 0.0250.